The van der Waals surface area contributed by atoms with Gasteiger partial charge < -0.3 is 19.7 Å². The predicted molar refractivity (Wildman–Crippen MR) is 129 cm³/mol. The van der Waals surface area contributed by atoms with Crippen LogP contribution in [0, 0.1) is 12.8 Å². The third-order valence-electron chi connectivity index (χ3n) is 7.13. The van der Waals surface area contributed by atoms with Crippen LogP contribution >= 0.6 is 0 Å². The summed E-state index contributed by atoms with van der Waals surface area (Å²) >= 11 is 0. The highest BCUT2D eigenvalue weighted by Gasteiger charge is 2.40. The maximum absolute atomic E-state index is 13.2. The van der Waals surface area contributed by atoms with Crippen LogP contribution < -0.4 is 15.0 Å². The van der Waals surface area contributed by atoms with Crippen LogP contribution in [0.5, 0.6) is 5.75 Å². The largest absolute Gasteiger partial charge is 0.496 e. The maximum Gasteiger partial charge on any atom is 0.227 e. The van der Waals surface area contributed by atoms with E-state index in [1.54, 1.807) is 12.0 Å². The van der Waals surface area contributed by atoms with E-state index in [1.165, 1.54) is 5.56 Å². The summed E-state index contributed by atoms with van der Waals surface area (Å²) < 4.78 is 11.3. The number of hydrogen-bond donors (Lipinski definition) is 1. The van der Waals surface area contributed by atoms with Crippen molar-refractivity contribution in [2.75, 3.05) is 38.3 Å². The molecule has 0 saturated carbocycles. The van der Waals surface area contributed by atoms with Crippen LogP contribution in [0.1, 0.15) is 42.9 Å². The van der Waals surface area contributed by atoms with E-state index in [1.807, 2.05) is 36.4 Å². The smallest absolute Gasteiger partial charge is 0.227 e. The molecule has 2 aliphatic heterocycles. The number of nitrogens with zero attached hydrogens (tertiary/aromatic N) is 1. The summed E-state index contributed by atoms with van der Waals surface area (Å²) in [6.07, 6.45) is 2.82. The van der Waals surface area contributed by atoms with Crippen molar-refractivity contribution in [3.63, 3.8) is 0 Å². The standard InChI is InChI=1S/C27H34N2O4/c1-4-20-6-8-22(9-7-20)29-17-21(16-25(29)30)26(31)28-18-27(11-13-33-14-12-27)23-15-19(2)5-10-24(23)32-3/h5-10,15,21H,4,11-14,16-18H2,1-3H3,(H,28,31). The molecule has 2 amide bonds. The topological polar surface area (TPSA) is 67.9 Å². The molecule has 33 heavy (non-hydrogen) atoms. The highest BCUT2D eigenvalue weighted by atomic mass is 16.5. The molecule has 0 bridgehead atoms. The number of benzene rings is 2. The number of anilines is 1. The Kier molecular flexibility index (Phi) is 7.03. The molecule has 2 saturated heterocycles. The maximum atomic E-state index is 13.2. The first-order valence-corrected chi connectivity index (χ1v) is 11.9. The molecule has 6 nitrogen and oxygen atoms in total. The van der Waals surface area contributed by atoms with E-state index in [-0.39, 0.29) is 29.6 Å². The van der Waals surface area contributed by atoms with Crippen molar-refractivity contribution in [2.45, 2.75) is 44.9 Å². The Morgan fingerprint density at radius 2 is 1.91 bits per heavy atom. The predicted octanol–water partition coefficient (Wildman–Crippen LogP) is 3.78. The van der Waals surface area contributed by atoms with E-state index in [9.17, 15) is 9.59 Å². The quantitative estimate of drug-likeness (QED) is 0.697. The van der Waals surface area contributed by atoms with Gasteiger partial charge in [0.05, 0.1) is 13.0 Å². The van der Waals surface area contributed by atoms with Crippen molar-refractivity contribution in [3.05, 3.63) is 59.2 Å². The molecule has 2 aromatic rings. The van der Waals surface area contributed by atoms with Crippen LogP contribution in [-0.2, 0) is 26.2 Å². The van der Waals surface area contributed by atoms with Crippen LogP contribution in [0.15, 0.2) is 42.5 Å². The molecule has 2 aromatic carbocycles. The number of carbonyl (C=O) groups excluding carboxylic acids is 2. The van der Waals surface area contributed by atoms with Gasteiger partial charge in [0, 0.05) is 49.4 Å². The van der Waals surface area contributed by atoms with Gasteiger partial charge in [-0.1, -0.05) is 36.8 Å². The second-order valence-corrected chi connectivity index (χ2v) is 9.24. The number of nitrogens with one attached hydrogen (secondary N) is 1. The second-order valence-electron chi connectivity index (χ2n) is 9.24. The lowest BCUT2D eigenvalue weighted by Crippen LogP contribution is -2.46. The molecule has 2 fully saturated rings. The first-order chi connectivity index (χ1) is 16.0. The van der Waals surface area contributed by atoms with Gasteiger partial charge in [-0.05, 0) is 49.9 Å². The molecule has 1 atom stereocenters. The van der Waals surface area contributed by atoms with Gasteiger partial charge in [0.1, 0.15) is 5.75 Å². The third-order valence-corrected chi connectivity index (χ3v) is 7.13. The van der Waals surface area contributed by atoms with E-state index in [4.69, 9.17) is 9.47 Å². The van der Waals surface area contributed by atoms with Gasteiger partial charge in [0.2, 0.25) is 11.8 Å². The Hall–Kier alpha value is -2.86. The molecule has 2 aliphatic rings. The fourth-order valence-electron chi connectivity index (χ4n) is 4.98. The number of amides is 2. The molecule has 176 valence electrons. The Balaban J connectivity index is 1.47. The Morgan fingerprint density at radius 1 is 1.18 bits per heavy atom. The summed E-state index contributed by atoms with van der Waals surface area (Å²) in [5.74, 6) is 0.434. The van der Waals surface area contributed by atoms with Gasteiger partial charge in [0.25, 0.3) is 0 Å². The minimum atomic E-state index is -0.348. The molecule has 4 rings (SSSR count). The Morgan fingerprint density at radius 3 is 2.58 bits per heavy atom. The fourth-order valence-corrected chi connectivity index (χ4v) is 4.98. The lowest BCUT2D eigenvalue weighted by atomic mass is 9.73. The number of carbonyl (C=O) groups is 2. The molecule has 6 heteroatoms. The van der Waals surface area contributed by atoms with Crippen molar-refractivity contribution in [2.24, 2.45) is 5.92 Å². The molecule has 1 N–H and O–H groups in total. The van der Waals surface area contributed by atoms with Gasteiger partial charge in [-0.15, -0.1) is 0 Å². The first-order valence-electron chi connectivity index (χ1n) is 11.9. The average molecular weight is 451 g/mol. The summed E-state index contributed by atoms with van der Waals surface area (Å²) in [5, 5.41) is 3.19. The zero-order valence-electron chi connectivity index (χ0n) is 19.9. The molecule has 0 spiro atoms. The molecule has 1 unspecified atom stereocenters. The Labute approximate surface area is 196 Å². The highest BCUT2D eigenvalue weighted by molar-refractivity contribution is 6.00. The SMILES string of the molecule is CCc1ccc(N2CC(C(=O)NCC3(c4cc(C)ccc4OC)CCOCC3)CC2=O)cc1. The van der Waals surface area contributed by atoms with Gasteiger partial charge in [-0.3, -0.25) is 9.59 Å². The minimum absolute atomic E-state index is 0.000492. The van der Waals surface area contributed by atoms with Gasteiger partial charge in [0.15, 0.2) is 0 Å². The van der Waals surface area contributed by atoms with Crippen LogP contribution in [0.2, 0.25) is 0 Å². The van der Waals surface area contributed by atoms with Gasteiger partial charge >= 0.3 is 0 Å². The lowest BCUT2D eigenvalue weighted by Gasteiger charge is -2.39. The minimum Gasteiger partial charge on any atom is -0.496 e. The summed E-state index contributed by atoms with van der Waals surface area (Å²) in [6.45, 7) is 6.39. The van der Waals surface area contributed by atoms with Crippen molar-refractivity contribution in [1.82, 2.24) is 5.32 Å². The summed E-state index contributed by atoms with van der Waals surface area (Å²) in [6, 6.07) is 14.2. The van der Waals surface area contributed by atoms with E-state index >= 15 is 0 Å². The molecule has 0 aliphatic carbocycles. The highest BCUT2D eigenvalue weighted by Crippen LogP contribution is 2.40. The summed E-state index contributed by atoms with van der Waals surface area (Å²) in [7, 11) is 1.69. The first kappa shape index (κ1) is 23.3. The number of methoxy groups -OCH3 is 1. The number of aryl methyl sites for hydroxylation is 2. The zero-order chi connectivity index (χ0) is 23.4. The van der Waals surface area contributed by atoms with Crippen molar-refractivity contribution in [1.29, 1.82) is 0 Å². The second kappa shape index (κ2) is 9.96. The lowest BCUT2D eigenvalue weighted by molar-refractivity contribution is -0.126. The van der Waals surface area contributed by atoms with Gasteiger partial charge in [-0.25, -0.2) is 0 Å². The number of ether oxygens (including phenoxy) is 2. The summed E-state index contributed by atoms with van der Waals surface area (Å²) in [5.41, 5.74) is 4.12. The van der Waals surface area contributed by atoms with E-state index in [2.05, 4.69) is 25.2 Å². The average Bonchev–Trinajstić information content (AvgIpc) is 3.24. The fraction of sp³-hybridized carbons (Fsp3) is 0.481. The molecule has 2 heterocycles. The normalized spacial score (nSPS) is 20.0. The zero-order valence-corrected chi connectivity index (χ0v) is 19.9. The van der Waals surface area contributed by atoms with Crippen molar-refractivity contribution >= 4 is 17.5 Å². The molecule has 0 radical (unpaired) electrons. The van der Waals surface area contributed by atoms with Crippen molar-refractivity contribution < 1.29 is 19.1 Å². The molecular weight excluding hydrogens is 416 g/mol. The third kappa shape index (κ3) is 4.91. The van der Waals surface area contributed by atoms with Gasteiger partial charge in [-0.2, -0.15) is 0 Å². The van der Waals surface area contributed by atoms with E-state index in [0.29, 0.717) is 26.3 Å². The van der Waals surface area contributed by atoms with Crippen LogP contribution in [0.25, 0.3) is 0 Å². The van der Waals surface area contributed by atoms with Crippen molar-refractivity contribution in [3.8, 4) is 5.75 Å². The van der Waals surface area contributed by atoms with Crippen LogP contribution in [0.3, 0.4) is 0 Å². The molecular formula is C27H34N2O4. The number of rotatable bonds is 7. The monoisotopic (exact) mass is 450 g/mol. The van der Waals surface area contributed by atoms with E-state index in [0.717, 1.165) is 41.8 Å². The van der Waals surface area contributed by atoms with Crippen LogP contribution in [-0.4, -0.2) is 45.2 Å². The molecule has 0 aromatic heterocycles. The summed E-state index contributed by atoms with van der Waals surface area (Å²) in [4.78, 5) is 27.6. The number of hydrogen-bond acceptors (Lipinski definition) is 4. The Bertz CT molecular complexity index is 996. The van der Waals surface area contributed by atoms with E-state index < -0.39 is 0 Å². The van der Waals surface area contributed by atoms with Crippen LogP contribution in [0.4, 0.5) is 5.69 Å².